The van der Waals surface area contributed by atoms with Crippen LogP contribution < -0.4 is 5.73 Å². The first-order chi connectivity index (χ1) is 9.94. The molecule has 0 bridgehead atoms. The maximum atomic E-state index is 12.8. The van der Waals surface area contributed by atoms with Crippen LogP contribution in [-0.4, -0.2) is 45.4 Å². The van der Waals surface area contributed by atoms with Crippen LogP contribution in [0.2, 0.25) is 0 Å². The maximum absolute atomic E-state index is 12.8. The third-order valence-corrected chi connectivity index (χ3v) is 4.83. The van der Waals surface area contributed by atoms with Crippen LogP contribution in [0.5, 0.6) is 0 Å². The Bertz CT molecular complexity index is 531. The van der Waals surface area contributed by atoms with Gasteiger partial charge in [0.25, 0.3) is 0 Å². The SMILES string of the molecule is CC1(C)CN(C(=O)C(/C(N)=N/O)c2ccccc2)CCS1. The van der Waals surface area contributed by atoms with Gasteiger partial charge in [-0.2, -0.15) is 11.8 Å². The second-order valence-electron chi connectivity index (χ2n) is 5.74. The van der Waals surface area contributed by atoms with Crippen LogP contribution >= 0.6 is 11.8 Å². The van der Waals surface area contributed by atoms with Crippen LogP contribution in [0.15, 0.2) is 35.5 Å². The van der Waals surface area contributed by atoms with Crippen molar-refractivity contribution in [3.63, 3.8) is 0 Å². The average Bonchev–Trinajstić information content (AvgIpc) is 2.47. The summed E-state index contributed by atoms with van der Waals surface area (Å²) in [4.78, 5) is 14.6. The number of carbonyl (C=O) groups is 1. The quantitative estimate of drug-likeness (QED) is 0.387. The number of nitrogens with zero attached hydrogens (tertiary/aromatic N) is 2. The second kappa shape index (κ2) is 6.39. The predicted octanol–water partition coefficient (Wildman–Crippen LogP) is 1.87. The number of amides is 1. The van der Waals surface area contributed by atoms with E-state index < -0.39 is 5.92 Å². The number of hydrogen-bond donors (Lipinski definition) is 2. The Hall–Kier alpha value is -1.69. The Morgan fingerprint density at radius 3 is 2.67 bits per heavy atom. The molecule has 0 aliphatic carbocycles. The van der Waals surface area contributed by atoms with Crippen molar-refractivity contribution in [2.75, 3.05) is 18.8 Å². The topological polar surface area (TPSA) is 78.9 Å². The lowest BCUT2D eigenvalue weighted by Gasteiger charge is -2.39. The maximum Gasteiger partial charge on any atom is 0.237 e. The van der Waals surface area contributed by atoms with E-state index in [2.05, 4.69) is 19.0 Å². The Labute approximate surface area is 129 Å². The molecule has 0 radical (unpaired) electrons. The zero-order chi connectivity index (χ0) is 15.5. The summed E-state index contributed by atoms with van der Waals surface area (Å²) in [5, 5.41) is 12.1. The highest BCUT2D eigenvalue weighted by Crippen LogP contribution is 2.31. The van der Waals surface area contributed by atoms with E-state index >= 15 is 0 Å². The van der Waals surface area contributed by atoms with E-state index in [0.29, 0.717) is 13.1 Å². The summed E-state index contributed by atoms with van der Waals surface area (Å²) in [5.41, 5.74) is 6.52. The van der Waals surface area contributed by atoms with E-state index in [1.54, 1.807) is 0 Å². The Kier molecular flexibility index (Phi) is 4.77. The molecule has 6 heteroatoms. The van der Waals surface area contributed by atoms with Crippen molar-refractivity contribution in [3.05, 3.63) is 35.9 Å². The average molecular weight is 307 g/mol. The van der Waals surface area contributed by atoms with Gasteiger partial charge >= 0.3 is 0 Å². The van der Waals surface area contributed by atoms with Crippen LogP contribution in [0.4, 0.5) is 0 Å². The summed E-state index contributed by atoms with van der Waals surface area (Å²) >= 11 is 1.86. The van der Waals surface area contributed by atoms with Crippen molar-refractivity contribution in [2.45, 2.75) is 24.5 Å². The number of hydrogen-bond acceptors (Lipinski definition) is 4. The Morgan fingerprint density at radius 2 is 2.10 bits per heavy atom. The number of amidine groups is 1. The van der Waals surface area contributed by atoms with Gasteiger partial charge in [-0.05, 0) is 19.4 Å². The van der Waals surface area contributed by atoms with Crippen molar-refractivity contribution in [1.82, 2.24) is 4.90 Å². The zero-order valence-corrected chi connectivity index (χ0v) is 13.1. The lowest BCUT2D eigenvalue weighted by atomic mass is 9.96. The molecule has 3 N–H and O–H groups in total. The van der Waals surface area contributed by atoms with Gasteiger partial charge in [-0.15, -0.1) is 0 Å². The van der Waals surface area contributed by atoms with Crippen molar-refractivity contribution in [2.24, 2.45) is 10.9 Å². The fourth-order valence-electron chi connectivity index (χ4n) is 2.53. The minimum atomic E-state index is -0.727. The lowest BCUT2D eigenvalue weighted by molar-refractivity contribution is -0.131. The summed E-state index contributed by atoms with van der Waals surface area (Å²) in [5.74, 6) is -0.00151. The highest BCUT2D eigenvalue weighted by Gasteiger charge is 2.35. The summed E-state index contributed by atoms with van der Waals surface area (Å²) in [6.45, 7) is 5.60. The molecule has 0 saturated carbocycles. The standard InChI is InChI=1S/C15H21N3O2S/c1-15(2)10-18(8-9-21-15)14(19)12(13(16)17-20)11-6-4-3-5-7-11/h3-7,12,20H,8-10H2,1-2H3,(H2,16,17). The molecule has 0 spiro atoms. The molecule has 114 valence electrons. The molecule has 1 heterocycles. The first-order valence-corrected chi connectivity index (χ1v) is 7.88. The summed E-state index contributed by atoms with van der Waals surface area (Å²) < 4.78 is 0.0280. The number of carbonyl (C=O) groups excluding carboxylic acids is 1. The molecule has 1 aliphatic heterocycles. The molecule has 5 nitrogen and oxygen atoms in total. The third kappa shape index (κ3) is 3.69. The molecule has 1 aromatic carbocycles. The molecule has 1 fully saturated rings. The number of nitrogens with two attached hydrogens (primary N) is 1. The Balaban J connectivity index is 2.27. The van der Waals surface area contributed by atoms with Crippen molar-refractivity contribution >= 4 is 23.5 Å². The van der Waals surface area contributed by atoms with E-state index in [0.717, 1.165) is 11.3 Å². The minimum Gasteiger partial charge on any atom is -0.409 e. The predicted molar refractivity (Wildman–Crippen MR) is 85.7 cm³/mol. The van der Waals surface area contributed by atoms with Crippen LogP contribution in [0.25, 0.3) is 0 Å². The smallest absolute Gasteiger partial charge is 0.237 e. The van der Waals surface area contributed by atoms with Gasteiger partial charge in [0.2, 0.25) is 5.91 Å². The molecule has 1 amide bonds. The fourth-order valence-corrected chi connectivity index (χ4v) is 3.64. The van der Waals surface area contributed by atoms with Crippen molar-refractivity contribution < 1.29 is 10.0 Å². The number of benzene rings is 1. The fraction of sp³-hybridized carbons (Fsp3) is 0.467. The lowest BCUT2D eigenvalue weighted by Crippen LogP contribution is -2.49. The van der Waals surface area contributed by atoms with E-state index in [1.165, 1.54) is 0 Å². The number of rotatable bonds is 3. The number of oxime groups is 1. The van der Waals surface area contributed by atoms with Crippen LogP contribution in [0.3, 0.4) is 0 Å². The summed E-state index contributed by atoms with van der Waals surface area (Å²) in [7, 11) is 0. The van der Waals surface area contributed by atoms with Gasteiger partial charge in [0.05, 0.1) is 0 Å². The normalized spacial score (nSPS) is 20.1. The van der Waals surface area contributed by atoms with E-state index in [1.807, 2.05) is 47.0 Å². The molecule has 1 aromatic rings. The van der Waals surface area contributed by atoms with E-state index in [9.17, 15) is 4.79 Å². The van der Waals surface area contributed by atoms with Crippen LogP contribution in [0.1, 0.15) is 25.3 Å². The molecular formula is C15H21N3O2S. The van der Waals surface area contributed by atoms with Gasteiger partial charge < -0.3 is 15.8 Å². The molecule has 1 unspecified atom stereocenters. The zero-order valence-electron chi connectivity index (χ0n) is 12.3. The molecule has 21 heavy (non-hydrogen) atoms. The summed E-state index contributed by atoms with van der Waals surface area (Å²) in [6.07, 6.45) is 0. The van der Waals surface area contributed by atoms with Crippen molar-refractivity contribution in [3.8, 4) is 0 Å². The van der Waals surface area contributed by atoms with Crippen LogP contribution in [-0.2, 0) is 4.79 Å². The first-order valence-electron chi connectivity index (χ1n) is 6.90. The first kappa shape index (κ1) is 15.7. The molecule has 1 atom stereocenters. The van der Waals surface area contributed by atoms with E-state index in [4.69, 9.17) is 10.9 Å². The van der Waals surface area contributed by atoms with Gasteiger partial charge in [0.1, 0.15) is 5.92 Å². The molecule has 0 aromatic heterocycles. The largest absolute Gasteiger partial charge is 0.409 e. The van der Waals surface area contributed by atoms with Crippen LogP contribution in [0, 0.1) is 0 Å². The third-order valence-electron chi connectivity index (χ3n) is 3.53. The monoisotopic (exact) mass is 307 g/mol. The van der Waals surface area contributed by atoms with Crippen molar-refractivity contribution in [1.29, 1.82) is 0 Å². The van der Waals surface area contributed by atoms with Gasteiger partial charge in [0.15, 0.2) is 5.84 Å². The molecular weight excluding hydrogens is 286 g/mol. The van der Waals surface area contributed by atoms with Gasteiger partial charge in [-0.3, -0.25) is 4.79 Å². The molecule has 1 saturated heterocycles. The molecule has 1 aliphatic rings. The summed E-state index contributed by atoms with van der Waals surface area (Å²) in [6, 6.07) is 9.21. The molecule has 2 rings (SSSR count). The van der Waals surface area contributed by atoms with E-state index in [-0.39, 0.29) is 16.5 Å². The van der Waals surface area contributed by atoms with Gasteiger partial charge in [-0.1, -0.05) is 35.5 Å². The Morgan fingerprint density at radius 1 is 1.43 bits per heavy atom. The second-order valence-corrected chi connectivity index (χ2v) is 7.54. The minimum absolute atomic E-state index is 0.0280. The van der Waals surface area contributed by atoms with Gasteiger partial charge in [-0.25, -0.2) is 0 Å². The van der Waals surface area contributed by atoms with Gasteiger partial charge in [0, 0.05) is 23.6 Å². The number of thioether (sulfide) groups is 1. The highest BCUT2D eigenvalue weighted by atomic mass is 32.2. The highest BCUT2D eigenvalue weighted by molar-refractivity contribution is 8.00.